The minimum Gasteiger partial charge on any atom is -0.355 e. The number of nitriles is 1. The van der Waals surface area contributed by atoms with Gasteiger partial charge in [-0.15, -0.1) is 0 Å². The minimum atomic E-state index is -3.24. The van der Waals surface area contributed by atoms with Gasteiger partial charge in [0.25, 0.3) is 0 Å². The van der Waals surface area contributed by atoms with Crippen LogP contribution in [0.15, 0.2) is 24.3 Å². The highest BCUT2D eigenvalue weighted by atomic mass is 32.2. The maximum absolute atomic E-state index is 11.5. The summed E-state index contributed by atoms with van der Waals surface area (Å²) in [5, 5.41) is 12.5. The average molecular weight is 415 g/mol. The van der Waals surface area contributed by atoms with Gasteiger partial charge in [0.15, 0.2) is 0 Å². The van der Waals surface area contributed by atoms with E-state index in [1.54, 1.807) is 6.07 Å². The molecule has 0 radical (unpaired) electrons. The first kappa shape index (κ1) is 21.0. The van der Waals surface area contributed by atoms with Crippen molar-refractivity contribution in [2.45, 2.75) is 39.2 Å². The Hall–Kier alpha value is -2.70. The van der Waals surface area contributed by atoms with Crippen LogP contribution in [0.2, 0.25) is 0 Å². The second kappa shape index (κ2) is 8.76. The third-order valence-corrected chi connectivity index (χ3v) is 5.54. The van der Waals surface area contributed by atoms with E-state index in [1.165, 1.54) is 6.26 Å². The highest BCUT2D eigenvalue weighted by molar-refractivity contribution is 7.88. The van der Waals surface area contributed by atoms with Crippen LogP contribution in [0, 0.1) is 18.3 Å². The predicted molar refractivity (Wildman–Crippen MR) is 114 cm³/mol. The molecule has 2 aromatic rings. The van der Waals surface area contributed by atoms with Gasteiger partial charge in [-0.3, -0.25) is 0 Å². The van der Waals surface area contributed by atoms with Crippen LogP contribution >= 0.6 is 0 Å². The zero-order chi connectivity index (χ0) is 21.0. The monoisotopic (exact) mass is 414 g/mol. The Balaban J connectivity index is 1.84. The van der Waals surface area contributed by atoms with Gasteiger partial charge < -0.3 is 10.2 Å². The average Bonchev–Trinajstić information content (AvgIpc) is 3.10. The number of sulfonamides is 1. The molecule has 2 N–H and O–H groups in total. The smallest absolute Gasteiger partial charge is 0.229 e. The summed E-state index contributed by atoms with van der Waals surface area (Å²) in [5.41, 5.74) is 3.20. The molecular formula is C20H26N6O2S. The van der Waals surface area contributed by atoms with E-state index in [0.29, 0.717) is 18.1 Å². The largest absolute Gasteiger partial charge is 0.355 e. The Morgan fingerprint density at radius 2 is 2.10 bits per heavy atom. The Kier molecular flexibility index (Phi) is 6.35. The first-order valence-corrected chi connectivity index (χ1v) is 11.5. The van der Waals surface area contributed by atoms with Gasteiger partial charge in [-0.2, -0.15) is 10.2 Å². The summed E-state index contributed by atoms with van der Waals surface area (Å²) in [6, 6.07) is 9.60. The molecule has 8 nitrogen and oxygen atoms in total. The van der Waals surface area contributed by atoms with Gasteiger partial charge in [-0.05, 0) is 37.5 Å². The van der Waals surface area contributed by atoms with Crippen molar-refractivity contribution < 1.29 is 8.42 Å². The molecule has 1 aromatic heterocycles. The van der Waals surface area contributed by atoms with Crippen molar-refractivity contribution in [1.82, 2.24) is 14.7 Å². The number of nitrogens with one attached hydrogen (secondary N) is 2. The zero-order valence-electron chi connectivity index (χ0n) is 16.9. The van der Waals surface area contributed by atoms with Gasteiger partial charge in [-0.25, -0.2) is 18.1 Å². The third kappa shape index (κ3) is 5.65. The quantitative estimate of drug-likeness (QED) is 0.716. The lowest BCUT2D eigenvalue weighted by atomic mass is 10.1. The molecule has 0 aliphatic carbocycles. The van der Waals surface area contributed by atoms with Crippen LogP contribution in [0.4, 0.5) is 17.5 Å². The number of hydrogen-bond donors (Lipinski definition) is 2. The lowest BCUT2D eigenvalue weighted by Gasteiger charge is -2.19. The molecule has 154 valence electrons. The molecule has 1 aromatic carbocycles. The van der Waals surface area contributed by atoms with Crippen molar-refractivity contribution in [2.24, 2.45) is 0 Å². The fourth-order valence-electron chi connectivity index (χ4n) is 3.40. The maximum atomic E-state index is 11.5. The summed E-state index contributed by atoms with van der Waals surface area (Å²) in [6.07, 6.45) is 3.68. The molecule has 1 aliphatic rings. The molecule has 0 amide bonds. The zero-order valence-corrected chi connectivity index (χ0v) is 17.8. The van der Waals surface area contributed by atoms with E-state index in [4.69, 9.17) is 0 Å². The van der Waals surface area contributed by atoms with Gasteiger partial charge in [-0.1, -0.05) is 19.4 Å². The fraction of sp³-hybridized carbons (Fsp3) is 0.450. The van der Waals surface area contributed by atoms with Crippen LogP contribution in [0.25, 0.3) is 0 Å². The van der Waals surface area contributed by atoms with Crippen molar-refractivity contribution in [3.63, 3.8) is 0 Å². The summed E-state index contributed by atoms with van der Waals surface area (Å²) < 4.78 is 25.7. The number of hydrogen-bond acceptors (Lipinski definition) is 7. The number of anilines is 3. The normalized spacial score (nSPS) is 16.6. The fourth-order valence-corrected chi connectivity index (χ4v) is 4.20. The number of nitrogens with zero attached hydrogens (tertiary/aromatic N) is 4. The summed E-state index contributed by atoms with van der Waals surface area (Å²) in [5.74, 6) is 1.24. The van der Waals surface area contributed by atoms with Crippen LogP contribution < -0.4 is 14.9 Å². The van der Waals surface area contributed by atoms with Crippen molar-refractivity contribution in [2.75, 3.05) is 29.6 Å². The minimum absolute atomic E-state index is 0.124. The molecule has 2 heterocycles. The Morgan fingerprint density at radius 1 is 1.31 bits per heavy atom. The molecule has 9 heteroatoms. The topological polar surface area (TPSA) is 111 Å². The Bertz CT molecular complexity index is 1030. The van der Waals surface area contributed by atoms with Gasteiger partial charge in [0.1, 0.15) is 5.82 Å². The van der Waals surface area contributed by atoms with E-state index >= 15 is 0 Å². The first-order chi connectivity index (χ1) is 13.8. The molecule has 1 atom stereocenters. The van der Waals surface area contributed by atoms with Crippen LogP contribution in [0.3, 0.4) is 0 Å². The maximum Gasteiger partial charge on any atom is 0.229 e. The van der Waals surface area contributed by atoms with Crippen molar-refractivity contribution in [1.29, 1.82) is 5.26 Å². The summed E-state index contributed by atoms with van der Waals surface area (Å²) in [4.78, 5) is 11.3. The molecule has 0 spiro atoms. The molecule has 1 unspecified atom stereocenters. The lowest BCUT2D eigenvalue weighted by molar-refractivity contribution is 0.567. The second-order valence-corrected chi connectivity index (χ2v) is 9.16. The van der Waals surface area contributed by atoms with Crippen LogP contribution in [0.1, 0.15) is 36.6 Å². The van der Waals surface area contributed by atoms with Gasteiger partial charge >= 0.3 is 0 Å². The highest BCUT2D eigenvalue weighted by Crippen LogP contribution is 2.24. The number of rotatable bonds is 7. The third-order valence-electron chi connectivity index (χ3n) is 4.78. The van der Waals surface area contributed by atoms with E-state index < -0.39 is 10.0 Å². The Morgan fingerprint density at radius 3 is 2.79 bits per heavy atom. The van der Waals surface area contributed by atoms with Crippen LogP contribution in [-0.4, -0.2) is 43.8 Å². The van der Waals surface area contributed by atoms with Crippen LogP contribution in [0.5, 0.6) is 0 Å². The van der Waals surface area contributed by atoms with Gasteiger partial charge in [0.2, 0.25) is 16.0 Å². The van der Waals surface area contributed by atoms with Crippen LogP contribution in [-0.2, 0) is 16.4 Å². The summed E-state index contributed by atoms with van der Waals surface area (Å²) in [6.45, 7) is 5.28. The van der Waals surface area contributed by atoms with E-state index in [0.717, 1.165) is 48.6 Å². The van der Waals surface area contributed by atoms with E-state index in [1.807, 2.05) is 25.1 Å². The van der Waals surface area contributed by atoms with E-state index in [-0.39, 0.29) is 6.04 Å². The highest BCUT2D eigenvalue weighted by Gasteiger charge is 2.26. The summed E-state index contributed by atoms with van der Waals surface area (Å²) in [7, 11) is -3.24. The SMILES string of the molecule is CCCc1cc(N2CCC(NS(C)(=O)=O)C2)nc(Nc2ccc(C)c(C#N)c2)n1. The van der Waals surface area contributed by atoms with E-state index in [2.05, 4.69) is 37.9 Å². The summed E-state index contributed by atoms with van der Waals surface area (Å²) >= 11 is 0. The molecule has 0 bridgehead atoms. The molecule has 29 heavy (non-hydrogen) atoms. The van der Waals surface area contributed by atoms with E-state index in [9.17, 15) is 13.7 Å². The Labute approximate surface area is 172 Å². The first-order valence-electron chi connectivity index (χ1n) is 9.65. The van der Waals surface area contributed by atoms with Crippen molar-refractivity contribution in [3.8, 4) is 6.07 Å². The molecular weight excluding hydrogens is 388 g/mol. The van der Waals surface area contributed by atoms with Crippen molar-refractivity contribution >= 4 is 27.5 Å². The number of aromatic nitrogens is 2. The predicted octanol–water partition coefficient (Wildman–Crippen LogP) is 2.48. The molecule has 1 saturated heterocycles. The lowest BCUT2D eigenvalue weighted by Crippen LogP contribution is -2.36. The molecule has 1 aliphatic heterocycles. The molecule has 0 saturated carbocycles. The van der Waals surface area contributed by atoms with Gasteiger partial charge in [0, 0.05) is 36.6 Å². The molecule has 1 fully saturated rings. The standard InChI is InChI=1S/C20H26N6O2S/c1-4-5-16-11-19(26-9-8-18(13-26)25-29(3,27)28)24-20(22-16)23-17-7-6-14(2)15(10-17)12-21/h6-7,10-11,18,25H,4-5,8-9,13H2,1-3H3,(H,22,23,24). The second-order valence-electron chi connectivity index (χ2n) is 7.38. The molecule has 3 rings (SSSR count). The number of aryl methyl sites for hydroxylation is 2. The van der Waals surface area contributed by atoms with Crippen molar-refractivity contribution in [3.05, 3.63) is 41.1 Å². The van der Waals surface area contributed by atoms with Gasteiger partial charge in [0.05, 0.1) is 17.9 Å². The number of benzene rings is 1.